The Bertz CT molecular complexity index is 571. The van der Waals surface area contributed by atoms with Crippen molar-refractivity contribution in [1.82, 2.24) is 0 Å². The van der Waals surface area contributed by atoms with E-state index in [0.29, 0.717) is 0 Å². The number of nitrogens with zero attached hydrogens (tertiary/aromatic N) is 1. The van der Waals surface area contributed by atoms with Gasteiger partial charge in [0.25, 0.3) is 0 Å². The van der Waals surface area contributed by atoms with Gasteiger partial charge in [0.05, 0.1) is 6.07 Å². The van der Waals surface area contributed by atoms with E-state index in [2.05, 4.69) is 6.08 Å². The number of benzene rings is 1. The predicted octanol–water partition coefficient (Wildman–Crippen LogP) is 6.76. The van der Waals surface area contributed by atoms with Crippen LogP contribution in [0.4, 0.5) is 4.39 Å². The molecule has 0 spiro atoms. The minimum atomic E-state index is -0.144. The summed E-state index contributed by atoms with van der Waals surface area (Å²) in [5, 5.41) is 8.41. The second-order valence-electron chi connectivity index (χ2n) is 7.25. The van der Waals surface area contributed by atoms with Crippen LogP contribution in [0, 0.1) is 29.0 Å². The number of rotatable bonds is 9. The van der Waals surface area contributed by atoms with E-state index in [-0.39, 0.29) is 5.82 Å². The minimum absolute atomic E-state index is 0.144. The molecule has 0 amide bonds. The smallest absolute Gasteiger partial charge is 0.123 e. The Hall–Kier alpha value is -1.88. The van der Waals surface area contributed by atoms with Crippen LogP contribution in [-0.4, -0.2) is 0 Å². The van der Waals surface area contributed by atoms with Gasteiger partial charge in [-0.25, -0.2) is 4.39 Å². The van der Waals surface area contributed by atoms with E-state index in [1.165, 1.54) is 63.0 Å². The molecule has 134 valence electrons. The van der Waals surface area contributed by atoms with Crippen molar-refractivity contribution in [2.75, 3.05) is 0 Å². The molecule has 0 aromatic heterocycles. The van der Waals surface area contributed by atoms with Crippen LogP contribution in [-0.2, 0) is 6.42 Å². The summed E-state index contributed by atoms with van der Waals surface area (Å²) in [5.74, 6) is 1.66. The highest BCUT2D eigenvalue weighted by atomic mass is 19.1. The summed E-state index contributed by atoms with van der Waals surface area (Å²) in [6.07, 6.45) is 20.4. The fourth-order valence-electron chi connectivity index (χ4n) is 3.83. The van der Waals surface area contributed by atoms with Gasteiger partial charge in [-0.3, -0.25) is 0 Å². The van der Waals surface area contributed by atoms with Crippen molar-refractivity contribution >= 4 is 0 Å². The molecule has 1 aromatic carbocycles. The Morgan fingerprint density at radius 3 is 2.32 bits per heavy atom. The number of unbranched alkanes of at least 4 members (excludes halogenated alkanes) is 1. The summed E-state index contributed by atoms with van der Waals surface area (Å²) in [4.78, 5) is 0. The quantitative estimate of drug-likeness (QED) is 0.277. The van der Waals surface area contributed by atoms with Crippen LogP contribution >= 0.6 is 0 Å². The third-order valence-electron chi connectivity index (χ3n) is 5.37. The minimum Gasteiger partial charge on any atom is -0.207 e. The molecule has 1 nitrogen and oxygen atoms in total. The van der Waals surface area contributed by atoms with Gasteiger partial charge >= 0.3 is 0 Å². The molecule has 0 unspecified atom stereocenters. The monoisotopic (exact) mass is 339 g/mol. The van der Waals surface area contributed by atoms with Crippen LogP contribution in [0.15, 0.2) is 48.6 Å². The molecule has 0 radical (unpaired) electrons. The first-order chi connectivity index (χ1) is 12.3. The van der Waals surface area contributed by atoms with E-state index in [4.69, 9.17) is 5.26 Å². The molecule has 1 saturated carbocycles. The molecule has 0 heterocycles. The zero-order chi connectivity index (χ0) is 17.7. The lowest BCUT2D eigenvalue weighted by atomic mass is 9.78. The topological polar surface area (TPSA) is 23.8 Å². The Labute approximate surface area is 152 Å². The van der Waals surface area contributed by atoms with Crippen LogP contribution in [0.5, 0.6) is 0 Å². The zero-order valence-corrected chi connectivity index (χ0v) is 15.2. The largest absolute Gasteiger partial charge is 0.207 e. The first-order valence-corrected chi connectivity index (χ1v) is 9.73. The molecule has 0 aliphatic heterocycles. The molecule has 1 aliphatic carbocycles. The third kappa shape index (κ3) is 8.16. The first kappa shape index (κ1) is 19.4. The predicted molar refractivity (Wildman–Crippen MR) is 103 cm³/mol. The fourth-order valence-corrected chi connectivity index (χ4v) is 3.83. The highest BCUT2D eigenvalue weighted by Gasteiger charge is 2.20. The second-order valence-corrected chi connectivity index (χ2v) is 7.25. The van der Waals surface area contributed by atoms with Gasteiger partial charge < -0.3 is 0 Å². The maximum absolute atomic E-state index is 12.9. The maximum Gasteiger partial charge on any atom is 0.123 e. The average Bonchev–Trinajstić information content (AvgIpc) is 2.64. The lowest BCUT2D eigenvalue weighted by molar-refractivity contribution is 0.250. The van der Waals surface area contributed by atoms with E-state index in [1.54, 1.807) is 12.1 Å². The van der Waals surface area contributed by atoms with Gasteiger partial charge in [-0.15, -0.1) is 0 Å². The number of aryl methyl sites for hydroxylation is 1. The Morgan fingerprint density at radius 2 is 1.64 bits per heavy atom. The number of halogens is 1. The SMILES string of the molecule is N#C/C=C/C=C/CCC1CCC(CCCCc2ccc(F)cc2)CC1. The molecule has 0 N–H and O–H groups in total. The number of hydrogen-bond acceptors (Lipinski definition) is 1. The van der Waals surface area contributed by atoms with Crippen molar-refractivity contribution in [2.45, 2.75) is 64.2 Å². The summed E-state index contributed by atoms with van der Waals surface area (Å²) >= 11 is 0. The van der Waals surface area contributed by atoms with E-state index >= 15 is 0 Å². The summed E-state index contributed by atoms with van der Waals surface area (Å²) in [5.41, 5.74) is 1.25. The van der Waals surface area contributed by atoms with Gasteiger partial charge in [-0.2, -0.15) is 5.26 Å². The number of nitriles is 1. The van der Waals surface area contributed by atoms with Crippen LogP contribution in [0.1, 0.15) is 63.4 Å². The van der Waals surface area contributed by atoms with Gasteiger partial charge in [0.15, 0.2) is 0 Å². The number of allylic oxidation sites excluding steroid dienone is 4. The van der Waals surface area contributed by atoms with Gasteiger partial charge in [0.2, 0.25) is 0 Å². The lowest BCUT2D eigenvalue weighted by Gasteiger charge is -2.28. The maximum atomic E-state index is 12.9. The summed E-state index contributed by atoms with van der Waals surface area (Å²) in [6, 6.07) is 8.94. The fraction of sp³-hybridized carbons (Fsp3) is 0.522. The van der Waals surface area contributed by atoms with Crippen LogP contribution in [0.3, 0.4) is 0 Å². The van der Waals surface area contributed by atoms with Crippen molar-refractivity contribution < 1.29 is 4.39 Å². The van der Waals surface area contributed by atoms with Crippen LogP contribution in [0.25, 0.3) is 0 Å². The summed E-state index contributed by atoms with van der Waals surface area (Å²) in [6.45, 7) is 0. The number of hydrogen-bond donors (Lipinski definition) is 0. The highest BCUT2D eigenvalue weighted by Crippen LogP contribution is 2.34. The van der Waals surface area contributed by atoms with Crippen molar-refractivity contribution in [3.05, 3.63) is 60.0 Å². The molecule has 0 atom stereocenters. The van der Waals surface area contributed by atoms with Crippen molar-refractivity contribution in [3.8, 4) is 6.07 Å². The molecule has 2 rings (SSSR count). The van der Waals surface area contributed by atoms with Crippen molar-refractivity contribution in [3.63, 3.8) is 0 Å². The Morgan fingerprint density at radius 1 is 0.960 bits per heavy atom. The Balaban J connectivity index is 1.52. The molecule has 25 heavy (non-hydrogen) atoms. The highest BCUT2D eigenvalue weighted by molar-refractivity contribution is 5.16. The van der Waals surface area contributed by atoms with Gasteiger partial charge in [0, 0.05) is 6.08 Å². The van der Waals surface area contributed by atoms with Crippen LogP contribution in [0.2, 0.25) is 0 Å². The standard InChI is InChI=1S/C23H30FN/c24-23-17-15-22(16-18-23)10-6-5-9-21-13-11-20(12-14-21)8-4-2-1-3-7-19-25/h1-3,7,15-18,20-21H,4-6,8-14H2/b2-1+,7-3+. The molecule has 1 aromatic rings. The van der Waals surface area contributed by atoms with E-state index in [9.17, 15) is 4.39 Å². The normalized spacial score (nSPS) is 21.0. The molecular weight excluding hydrogens is 309 g/mol. The van der Waals surface area contributed by atoms with Crippen molar-refractivity contribution in [1.29, 1.82) is 5.26 Å². The van der Waals surface area contributed by atoms with Crippen LogP contribution < -0.4 is 0 Å². The van der Waals surface area contributed by atoms with Gasteiger partial charge in [0.1, 0.15) is 5.82 Å². The molecule has 2 heteroatoms. The second kappa shape index (κ2) is 11.6. The lowest BCUT2D eigenvalue weighted by Crippen LogP contribution is -2.14. The third-order valence-corrected chi connectivity index (χ3v) is 5.37. The van der Waals surface area contributed by atoms with E-state index in [1.807, 2.05) is 30.4 Å². The first-order valence-electron chi connectivity index (χ1n) is 9.73. The van der Waals surface area contributed by atoms with E-state index < -0.39 is 0 Å². The average molecular weight is 339 g/mol. The zero-order valence-electron chi connectivity index (χ0n) is 15.2. The molecule has 0 saturated heterocycles. The van der Waals surface area contributed by atoms with Crippen molar-refractivity contribution in [2.24, 2.45) is 11.8 Å². The van der Waals surface area contributed by atoms with Gasteiger partial charge in [-0.05, 0) is 55.2 Å². The summed E-state index contributed by atoms with van der Waals surface area (Å²) in [7, 11) is 0. The van der Waals surface area contributed by atoms with E-state index in [0.717, 1.165) is 24.7 Å². The molecular formula is C23H30FN. The Kier molecular flexibility index (Phi) is 9.05. The molecule has 1 aliphatic rings. The van der Waals surface area contributed by atoms with Gasteiger partial charge in [-0.1, -0.05) is 68.9 Å². The molecule has 1 fully saturated rings. The molecule has 0 bridgehead atoms. The summed E-state index contributed by atoms with van der Waals surface area (Å²) < 4.78 is 12.9.